The van der Waals surface area contributed by atoms with E-state index in [0.717, 1.165) is 11.1 Å². The predicted molar refractivity (Wildman–Crippen MR) is 64.8 cm³/mol. The van der Waals surface area contributed by atoms with Gasteiger partial charge in [0.15, 0.2) is 6.61 Å². The van der Waals surface area contributed by atoms with Gasteiger partial charge in [0.05, 0.1) is 6.04 Å². The number of carbonyl (C=O) groups is 2. The molecule has 0 bridgehead atoms. The molecule has 0 heterocycles. The highest BCUT2D eigenvalue weighted by atomic mass is 16.7. The van der Waals surface area contributed by atoms with Gasteiger partial charge in [0.1, 0.15) is 0 Å². The van der Waals surface area contributed by atoms with Crippen LogP contribution in [0, 0.1) is 6.92 Å². The lowest BCUT2D eigenvalue weighted by molar-refractivity contribution is -0.144. The monoisotopic (exact) mass is 252 g/mol. The maximum Gasteiger partial charge on any atom is 0.339 e. The summed E-state index contributed by atoms with van der Waals surface area (Å²) in [6.07, 6.45) is 0. The van der Waals surface area contributed by atoms with Gasteiger partial charge in [-0.05, 0) is 19.4 Å². The van der Waals surface area contributed by atoms with Crippen LogP contribution in [0.3, 0.4) is 0 Å². The first-order valence-corrected chi connectivity index (χ1v) is 5.45. The van der Waals surface area contributed by atoms with Crippen molar-refractivity contribution in [1.82, 2.24) is 10.8 Å². The lowest BCUT2D eigenvalue weighted by atomic mass is 10.1. The van der Waals surface area contributed by atoms with Crippen LogP contribution in [0.2, 0.25) is 0 Å². The van der Waals surface area contributed by atoms with Crippen molar-refractivity contribution in [2.45, 2.75) is 19.9 Å². The Balaban J connectivity index is 2.39. The van der Waals surface area contributed by atoms with Gasteiger partial charge in [-0.1, -0.05) is 29.8 Å². The highest BCUT2D eigenvalue weighted by Crippen LogP contribution is 2.12. The van der Waals surface area contributed by atoms with Crippen molar-refractivity contribution in [3.63, 3.8) is 0 Å². The molecule has 6 heteroatoms. The number of hydroxylamine groups is 1. The normalized spacial score (nSPS) is 11.7. The number of urea groups is 1. The van der Waals surface area contributed by atoms with E-state index in [1.54, 1.807) is 0 Å². The fourth-order valence-electron chi connectivity index (χ4n) is 1.33. The molecule has 0 aliphatic carbocycles. The number of hydrogen-bond acceptors (Lipinski definition) is 3. The Kier molecular flexibility index (Phi) is 5.13. The Labute approximate surface area is 105 Å². The minimum atomic E-state index is -1.15. The zero-order chi connectivity index (χ0) is 13.5. The molecule has 0 aliphatic rings. The van der Waals surface area contributed by atoms with Crippen LogP contribution in [0.4, 0.5) is 4.79 Å². The van der Waals surface area contributed by atoms with Crippen LogP contribution in [-0.4, -0.2) is 23.7 Å². The summed E-state index contributed by atoms with van der Waals surface area (Å²) in [6.45, 7) is 3.22. The third-order valence-electron chi connectivity index (χ3n) is 2.29. The Morgan fingerprint density at radius 2 is 1.94 bits per heavy atom. The second kappa shape index (κ2) is 6.61. The molecule has 2 amide bonds. The lowest BCUT2D eigenvalue weighted by Crippen LogP contribution is -2.37. The Hall–Kier alpha value is -2.08. The lowest BCUT2D eigenvalue weighted by Gasteiger charge is -2.14. The van der Waals surface area contributed by atoms with Gasteiger partial charge in [0.2, 0.25) is 0 Å². The largest absolute Gasteiger partial charge is 0.479 e. The number of benzene rings is 1. The number of carboxylic acids is 1. The van der Waals surface area contributed by atoms with Crippen molar-refractivity contribution in [3.8, 4) is 0 Å². The van der Waals surface area contributed by atoms with E-state index >= 15 is 0 Å². The van der Waals surface area contributed by atoms with E-state index in [1.165, 1.54) is 0 Å². The number of hydrogen-bond donors (Lipinski definition) is 3. The van der Waals surface area contributed by atoms with E-state index in [1.807, 2.05) is 43.6 Å². The first kappa shape index (κ1) is 14.0. The molecule has 0 radical (unpaired) electrons. The maximum atomic E-state index is 11.3. The number of carboxylic acid groups (broad SMARTS) is 1. The van der Waals surface area contributed by atoms with Crippen molar-refractivity contribution in [2.75, 3.05) is 6.61 Å². The van der Waals surface area contributed by atoms with Gasteiger partial charge in [0.25, 0.3) is 0 Å². The zero-order valence-electron chi connectivity index (χ0n) is 10.3. The summed E-state index contributed by atoms with van der Waals surface area (Å²) in [5.74, 6) is -1.15. The van der Waals surface area contributed by atoms with E-state index < -0.39 is 18.6 Å². The van der Waals surface area contributed by atoms with Crippen LogP contribution in [0.25, 0.3) is 0 Å². The molecule has 0 aliphatic heterocycles. The standard InChI is InChI=1S/C12H16N2O4/c1-8-3-5-10(6-4-8)9(2)13-12(17)14-18-7-11(15)16/h3-6,9H,7H2,1-2H3,(H,15,16)(H2,13,14,17). The van der Waals surface area contributed by atoms with Crippen LogP contribution in [-0.2, 0) is 9.63 Å². The van der Waals surface area contributed by atoms with E-state index in [9.17, 15) is 9.59 Å². The summed E-state index contributed by atoms with van der Waals surface area (Å²) in [4.78, 5) is 25.9. The van der Waals surface area contributed by atoms with Crippen molar-refractivity contribution < 1.29 is 19.5 Å². The Bertz CT molecular complexity index is 417. The van der Waals surface area contributed by atoms with Gasteiger partial charge in [-0.15, -0.1) is 0 Å². The topological polar surface area (TPSA) is 87.7 Å². The van der Waals surface area contributed by atoms with E-state index in [-0.39, 0.29) is 6.04 Å². The van der Waals surface area contributed by atoms with Gasteiger partial charge >= 0.3 is 12.0 Å². The summed E-state index contributed by atoms with van der Waals surface area (Å²) in [7, 11) is 0. The molecule has 98 valence electrons. The van der Waals surface area contributed by atoms with E-state index in [2.05, 4.69) is 10.2 Å². The van der Waals surface area contributed by atoms with Crippen molar-refractivity contribution >= 4 is 12.0 Å². The molecule has 1 rings (SSSR count). The third-order valence-corrected chi connectivity index (χ3v) is 2.29. The molecule has 0 saturated carbocycles. The number of aliphatic carboxylic acids is 1. The number of amides is 2. The van der Waals surface area contributed by atoms with Crippen molar-refractivity contribution in [2.24, 2.45) is 0 Å². The molecular formula is C12H16N2O4. The molecule has 0 saturated heterocycles. The zero-order valence-corrected chi connectivity index (χ0v) is 10.3. The molecule has 0 fully saturated rings. The summed E-state index contributed by atoms with van der Waals surface area (Å²) >= 11 is 0. The van der Waals surface area contributed by atoms with Crippen LogP contribution in [0.1, 0.15) is 24.1 Å². The van der Waals surface area contributed by atoms with Gasteiger partial charge in [-0.2, -0.15) is 0 Å². The van der Waals surface area contributed by atoms with Gasteiger partial charge in [-0.25, -0.2) is 15.1 Å². The number of nitrogens with one attached hydrogen (secondary N) is 2. The molecule has 1 aromatic carbocycles. The summed E-state index contributed by atoms with van der Waals surface area (Å²) < 4.78 is 0. The molecular weight excluding hydrogens is 236 g/mol. The highest BCUT2D eigenvalue weighted by molar-refractivity contribution is 5.74. The summed E-state index contributed by atoms with van der Waals surface area (Å²) in [5, 5.41) is 10.9. The molecule has 1 atom stereocenters. The van der Waals surface area contributed by atoms with Crippen LogP contribution in [0.5, 0.6) is 0 Å². The minimum absolute atomic E-state index is 0.195. The van der Waals surface area contributed by atoms with Crippen molar-refractivity contribution in [3.05, 3.63) is 35.4 Å². The SMILES string of the molecule is Cc1ccc(C(C)NC(=O)NOCC(=O)O)cc1. The summed E-state index contributed by atoms with van der Waals surface area (Å²) in [5.41, 5.74) is 4.09. The van der Waals surface area contributed by atoms with Crippen molar-refractivity contribution in [1.29, 1.82) is 0 Å². The number of carbonyl (C=O) groups excluding carboxylic acids is 1. The van der Waals surface area contributed by atoms with Gasteiger partial charge < -0.3 is 10.4 Å². The third kappa shape index (κ3) is 4.84. The summed E-state index contributed by atoms with van der Waals surface area (Å²) in [6, 6.07) is 6.96. The van der Waals surface area contributed by atoms with Crippen LogP contribution in [0.15, 0.2) is 24.3 Å². The second-order valence-electron chi connectivity index (χ2n) is 3.89. The Morgan fingerprint density at radius 3 is 2.50 bits per heavy atom. The smallest absolute Gasteiger partial charge is 0.339 e. The molecule has 1 aromatic rings. The fourth-order valence-corrected chi connectivity index (χ4v) is 1.33. The maximum absolute atomic E-state index is 11.3. The molecule has 1 unspecified atom stereocenters. The first-order valence-electron chi connectivity index (χ1n) is 5.45. The number of aryl methyl sites for hydroxylation is 1. The number of rotatable bonds is 5. The average molecular weight is 252 g/mol. The predicted octanol–water partition coefficient (Wildman–Crippen LogP) is 1.37. The molecule has 18 heavy (non-hydrogen) atoms. The van der Waals surface area contributed by atoms with Crippen LogP contribution < -0.4 is 10.8 Å². The molecule has 3 N–H and O–H groups in total. The fraction of sp³-hybridized carbons (Fsp3) is 0.333. The second-order valence-corrected chi connectivity index (χ2v) is 3.89. The van der Waals surface area contributed by atoms with Gasteiger partial charge in [0, 0.05) is 0 Å². The molecule has 6 nitrogen and oxygen atoms in total. The van der Waals surface area contributed by atoms with E-state index in [0.29, 0.717) is 0 Å². The highest BCUT2D eigenvalue weighted by Gasteiger charge is 2.09. The molecule has 0 spiro atoms. The quantitative estimate of drug-likeness (QED) is 0.691. The van der Waals surface area contributed by atoms with Crippen LogP contribution >= 0.6 is 0 Å². The first-order chi connectivity index (χ1) is 8.49. The van der Waals surface area contributed by atoms with E-state index in [4.69, 9.17) is 5.11 Å². The Morgan fingerprint density at radius 1 is 1.33 bits per heavy atom. The van der Waals surface area contributed by atoms with Gasteiger partial charge in [-0.3, -0.25) is 4.84 Å². The average Bonchev–Trinajstić information content (AvgIpc) is 2.29. The minimum Gasteiger partial charge on any atom is -0.479 e. The molecule has 0 aromatic heterocycles.